The smallest absolute Gasteiger partial charge is 0.243 e. The lowest BCUT2D eigenvalue weighted by atomic mass is 9.85. The molecule has 1 aliphatic carbocycles. The van der Waals surface area contributed by atoms with E-state index in [0.29, 0.717) is 24.8 Å². The number of benzene rings is 1. The van der Waals surface area contributed by atoms with Crippen LogP contribution < -0.4 is 0 Å². The summed E-state index contributed by atoms with van der Waals surface area (Å²) in [5.41, 5.74) is 3.85. The van der Waals surface area contributed by atoms with Crippen LogP contribution in [0.15, 0.2) is 65.9 Å². The molecule has 1 aromatic heterocycles. The van der Waals surface area contributed by atoms with Crippen molar-refractivity contribution in [2.75, 3.05) is 5.75 Å². The second kappa shape index (κ2) is 17.2. The minimum Gasteiger partial charge on any atom is -0.273 e. The molecule has 0 radical (unpaired) electrons. The first-order chi connectivity index (χ1) is 20.3. The molecule has 234 valence electrons. The van der Waals surface area contributed by atoms with Crippen molar-refractivity contribution in [1.82, 2.24) is 9.29 Å². The molecular weight excluding hydrogens is 684 g/mol. The Bertz CT molecular complexity index is 1240. The molecule has 0 spiro atoms. The van der Waals surface area contributed by atoms with Crippen molar-refractivity contribution in [2.45, 2.75) is 73.0 Å². The minimum atomic E-state index is -1.63. The van der Waals surface area contributed by atoms with Crippen LogP contribution in [0.3, 0.4) is 0 Å². The fourth-order valence-corrected chi connectivity index (χ4v) is 7.82. The Morgan fingerprint density at radius 3 is 2.16 bits per heavy atom. The lowest BCUT2D eigenvalue weighted by Crippen LogP contribution is -2.31. The molecule has 43 heavy (non-hydrogen) atoms. The van der Waals surface area contributed by atoms with Gasteiger partial charge in [0.1, 0.15) is 4.38 Å². The number of aromatic nitrogens is 1. The largest absolute Gasteiger partial charge is 0.273 e. The summed E-state index contributed by atoms with van der Waals surface area (Å²) in [7, 11) is 0. The molecule has 1 fully saturated rings. The lowest BCUT2D eigenvalue weighted by molar-refractivity contribution is -0.133. The predicted octanol–water partition coefficient (Wildman–Crippen LogP) is 10.4. The quantitative estimate of drug-likeness (QED) is 0.0489. The normalized spacial score (nSPS) is 19.0. The highest BCUT2D eigenvalue weighted by molar-refractivity contribution is 8.38. The number of carbonyl (C=O) groups is 2. The summed E-state index contributed by atoms with van der Waals surface area (Å²) >= 11 is 27.3. The zero-order valence-corrected chi connectivity index (χ0v) is 30.1. The van der Waals surface area contributed by atoms with E-state index in [1.54, 1.807) is 6.20 Å². The van der Waals surface area contributed by atoms with Crippen LogP contribution in [-0.4, -0.2) is 39.7 Å². The maximum atomic E-state index is 12.1. The summed E-state index contributed by atoms with van der Waals surface area (Å²) in [4.78, 5) is 32.0. The number of alkyl halides is 4. The molecule has 0 saturated carbocycles. The maximum absolute atomic E-state index is 12.1. The van der Waals surface area contributed by atoms with Gasteiger partial charge in [-0.05, 0) is 53.7 Å². The average molecular weight is 722 g/mol. The second-order valence-corrected chi connectivity index (χ2v) is 17.5. The van der Waals surface area contributed by atoms with Gasteiger partial charge in [-0.15, -0.1) is 23.2 Å². The summed E-state index contributed by atoms with van der Waals surface area (Å²) in [5, 5.41) is 0. The van der Waals surface area contributed by atoms with E-state index in [2.05, 4.69) is 56.9 Å². The van der Waals surface area contributed by atoms with Crippen molar-refractivity contribution in [3.8, 4) is 0 Å². The fourth-order valence-electron chi connectivity index (χ4n) is 4.20. The van der Waals surface area contributed by atoms with Crippen molar-refractivity contribution in [2.24, 2.45) is 16.8 Å². The number of halogens is 4. The lowest BCUT2D eigenvalue weighted by Gasteiger charge is -2.24. The van der Waals surface area contributed by atoms with Crippen molar-refractivity contribution in [1.29, 1.82) is 0 Å². The fraction of sp³-hybridized carbons (Fsp3) is 0.484. The number of hydrogen-bond acceptors (Lipinski definition) is 7. The third-order valence-corrected chi connectivity index (χ3v) is 12.3. The van der Waals surface area contributed by atoms with E-state index in [1.807, 2.05) is 54.0 Å². The van der Waals surface area contributed by atoms with Crippen LogP contribution in [0.1, 0.15) is 64.5 Å². The zero-order valence-electron chi connectivity index (χ0n) is 24.6. The van der Waals surface area contributed by atoms with Crippen molar-refractivity contribution >= 4 is 104 Å². The molecular formula is C31H37Cl4N3O2S3. The summed E-state index contributed by atoms with van der Waals surface area (Å²) in [6.07, 6.45) is 11.0. The predicted molar refractivity (Wildman–Crippen MR) is 190 cm³/mol. The Balaban J connectivity index is 0.000000248. The standard InChI is InChI=1S/C21H28N2S2.C10H9Cl4NO2S/c1-5-6-14-24-20(23-19-8-7-13-22-15-19)25-16-17-9-11-18(12-10-17)21(2,3)4;11-9(12)10(13,14)18-15-7(16)5-3-1-2-4-6(5)8(15)17/h7-13,15H,5-6,14,16H2,1-4H3;1-2,5-6,9H,3-4H2. The van der Waals surface area contributed by atoms with E-state index in [4.69, 9.17) is 51.4 Å². The van der Waals surface area contributed by atoms with Crippen LogP contribution in [0, 0.1) is 11.8 Å². The number of rotatable bonds is 9. The van der Waals surface area contributed by atoms with Gasteiger partial charge in [0.2, 0.25) is 15.5 Å². The molecule has 0 N–H and O–H groups in total. The summed E-state index contributed by atoms with van der Waals surface area (Å²) in [6.45, 7) is 8.97. The summed E-state index contributed by atoms with van der Waals surface area (Å²) in [5.74, 6) is 0.873. The Hall–Kier alpha value is -0.870. The van der Waals surface area contributed by atoms with Gasteiger partial charge in [-0.3, -0.25) is 14.6 Å². The van der Waals surface area contributed by atoms with Gasteiger partial charge in [-0.1, -0.05) is 117 Å². The number of aliphatic imine (C=N–C) groups is 1. The molecule has 0 bridgehead atoms. The van der Waals surface area contributed by atoms with Crippen molar-refractivity contribution in [3.63, 3.8) is 0 Å². The van der Waals surface area contributed by atoms with Crippen molar-refractivity contribution in [3.05, 3.63) is 72.1 Å². The number of amides is 2. The first-order valence-electron chi connectivity index (χ1n) is 14.0. The highest BCUT2D eigenvalue weighted by Crippen LogP contribution is 2.48. The second-order valence-electron chi connectivity index (χ2n) is 11.1. The molecule has 2 heterocycles. The molecule has 5 nitrogen and oxygen atoms in total. The van der Waals surface area contributed by atoms with E-state index in [1.165, 1.54) is 24.0 Å². The van der Waals surface area contributed by atoms with Gasteiger partial charge >= 0.3 is 0 Å². The molecule has 12 heteroatoms. The molecule has 1 aliphatic heterocycles. The average Bonchev–Trinajstić information content (AvgIpc) is 3.21. The highest BCUT2D eigenvalue weighted by atomic mass is 35.5. The van der Waals surface area contributed by atoms with E-state index in [0.717, 1.165) is 25.9 Å². The Kier molecular flexibility index (Phi) is 14.6. The maximum Gasteiger partial charge on any atom is 0.243 e. The molecule has 2 amide bonds. The molecule has 2 aliphatic rings. The Labute approximate surface area is 288 Å². The van der Waals surface area contributed by atoms with Crippen LogP contribution in [0.4, 0.5) is 5.69 Å². The number of allylic oxidation sites excluding steroid dienone is 2. The van der Waals surface area contributed by atoms with E-state index < -0.39 is 8.50 Å². The summed E-state index contributed by atoms with van der Waals surface area (Å²) in [6, 6.07) is 12.9. The van der Waals surface area contributed by atoms with Gasteiger partial charge in [0, 0.05) is 23.9 Å². The third-order valence-electron chi connectivity index (χ3n) is 6.71. The molecule has 2 aromatic rings. The molecule has 4 rings (SSSR count). The van der Waals surface area contributed by atoms with Crippen LogP contribution in [0.5, 0.6) is 0 Å². The number of hydrogen-bond donors (Lipinski definition) is 0. The third kappa shape index (κ3) is 11.2. The Morgan fingerprint density at radius 2 is 1.65 bits per heavy atom. The van der Waals surface area contributed by atoms with Gasteiger partial charge in [-0.25, -0.2) is 9.30 Å². The van der Waals surface area contributed by atoms with Gasteiger partial charge in [-0.2, -0.15) is 0 Å². The number of thioether (sulfide) groups is 2. The molecule has 2 atom stereocenters. The topological polar surface area (TPSA) is 62.6 Å². The minimum absolute atomic E-state index is 0.203. The first-order valence-corrected chi connectivity index (χ1v) is 18.4. The van der Waals surface area contributed by atoms with Gasteiger partial charge in [0.05, 0.1) is 23.7 Å². The van der Waals surface area contributed by atoms with Crippen LogP contribution >= 0.6 is 81.9 Å². The monoisotopic (exact) mass is 719 g/mol. The number of imide groups is 1. The van der Waals surface area contributed by atoms with E-state index in [-0.39, 0.29) is 29.1 Å². The number of nitrogens with zero attached hydrogens (tertiary/aromatic N) is 3. The van der Waals surface area contributed by atoms with Crippen LogP contribution in [0.2, 0.25) is 0 Å². The number of pyridine rings is 1. The van der Waals surface area contributed by atoms with E-state index >= 15 is 0 Å². The SMILES string of the molecule is CCCCSC(=Nc1cccnc1)SCc1ccc(C(C)(C)C)cc1.O=C1C2CC=CCC2C(=O)N1SC(Cl)(Cl)C(Cl)Cl. The van der Waals surface area contributed by atoms with E-state index in [9.17, 15) is 9.59 Å². The first kappa shape index (κ1) is 36.6. The molecule has 1 saturated heterocycles. The molecule has 2 unspecified atom stereocenters. The van der Waals surface area contributed by atoms with Crippen molar-refractivity contribution < 1.29 is 9.59 Å². The molecule has 1 aromatic carbocycles. The highest BCUT2D eigenvalue weighted by Gasteiger charge is 2.51. The number of fused-ring (bicyclic) bond motifs is 1. The van der Waals surface area contributed by atoms with Crippen LogP contribution in [-0.2, 0) is 20.8 Å². The van der Waals surface area contributed by atoms with Crippen LogP contribution in [0.25, 0.3) is 0 Å². The summed E-state index contributed by atoms with van der Waals surface area (Å²) < 4.78 is 0.497. The Morgan fingerprint density at radius 1 is 1.02 bits per heavy atom. The number of carbonyl (C=O) groups excluding carboxylic acids is 2. The van der Waals surface area contributed by atoms with Gasteiger partial charge < -0.3 is 0 Å². The number of unbranched alkanes of at least 4 members (excludes halogenated alkanes) is 1. The van der Waals surface area contributed by atoms with Gasteiger partial charge in [0.25, 0.3) is 0 Å². The van der Waals surface area contributed by atoms with Gasteiger partial charge in [0.15, 0.2) is 4.84 Å². The zero-order chi connectivity index (χ0) is 31.6.